The van der Waals surface area contributed by atoms with Crippen LogP contribution in [-0.2, 0) is 11.7 Å². The molecule has 0 aliphatic carbocycles. The minimum atomic E-state index is -0.0809. The van der Waals surface area contributed by atoms with Gasteiger partial charge < -0.3 is 15.2 Å². The summed E-state index contributed by atoms with van der Waals surface area (Å²) in [5.74, 6) is 1.15. The van der Waals surface area contributed by atoms with Crippen LogP contribution in [0.5, 0.6) is 11.5 Å². The third-order valence-corrected chi connectivity index (χ3v) is 6.90. The topological polar surface area (TPSA) is 41.5 Å². The fourth-order valence-corrected chi connectivity index (χ4v) is 4.86. The quantitative estimate of drug-likeness (QED) is 0.707. The SMILES string of the molecule is CCC(CC)(Pc1ccccc1CNC)c1cc(OC)ccc1O. The average Bonchev–Trinajstić information content (AvgIpc) is 2.62. The van der Waals surface area contributed by atoms with E-state index < -0.39 is 0 Å². The molecule has 4 heteroatoms. The number of aromatic hydroxyl groups is 1. The fraction of sp³-hybridized carbons (Fsp3) is 0.400. The van der Waals surface area contributed by atoms with E-state index in [0.717, 1.165) is 30.7 Å². The summed E-state index contributed by atoms with van der Waals surface area (Å²) >= 11 is 0. The molecule has 0 amide bonds. The molecule has 0 heterocycles. The van der Waals surface area contributed by atoms with Crippen molar-refractivity contribution in [2.24, 2.45) is 0 Å². The van der Waals surface area contributed by atoms with Crippen molar-refractivity contribution in [3.8, 4) is 11.5 Å². The van der Waals surface area contributed by atoms with Gasteiger partial charge in [-0.25, -0.2) is 0 Å². The minimum absolute atomic E-state index is 0.0809. The van der Waals surface area contributed by atoms with E-state index in [1.165, 1.54) is 10.9 Å². The van der Waals surface area contributed by atoms with Gasteiger partial charge in [0.2, 0.25) is 0 Å². The molecule has 0 aliphatic rings. The average molecular weight is 345 g/mol. The molecule has 130 valence electrons. The summed E-state index contributed by atoms with van der Waals surface area (Å²) in [6.07, 6.45) is 1.94. The number of rotatable bonds is 8. The van der Waals surface area contributed by atoms with Gasteiger partial charge in [-0.15, -0.1) is 0 Å². The van der Waals surface area contributed by atoms with Crippen molar-refractivity contribution in [3.05, 3.63) is 53.6 Å². The molecule has 0 radical (unpaired) electrons. The van der Waals surface area contributed by atoms with Crippen LogP contribution in [0, 0.1) is 0 Å². The second-order valence-corrected chi connectivity index (χ2v) is 7.73. The summed E-state index contributed by atoms with van der Waals surface area (Å²) in [6.45, 7) is 5.27. The van der Waals surface area contributed by atoms with Gasteiger partial charge in [0.15, 0.2) is 0 Å². The molecule has 24 heavy (non-hydrogen) atoms. The Hall–Kier alpha value is -1.57. The summed E-state index contributed by atoms with van der Waals surface area (Å²) in [4.78, 5) is 0. The highest BCUT2D eigenvalue weighted by Crippen LogP contribution is 2.50. The fourth-order valence-electron chi connectivity index (χ4n) is 3.15. The molecule has 0 fully saturated rings. The molecule has 2 aromatic rings. The summed E-state index contributed by atoms with van der Waals surface area (Å²) < 4.78 is 5.39. The van der Waals surface area contributed by atoms with Gasteiger partial charge in [-0.2, -0.15) is 0 Å². The zero-order chi connectivity index (χ0) is 17.6. The van der Waals surface area contributed by atoms with Crippen LogP contribution in [0.15, 0.2) is 42.5 Å². The van der Waals surface area contributed by atoms with E-state index in [1.54, 1.807) is 13.2 Å². The second kappa shape index (κ2) is 8.50. The predicted octanol–water partition coefficient (Wildman–Crippen LogP) is 4.14. The third kappa shape index (κ3) is 3.91. The molecule has 0 saturated heterocycles. The molecule has 2 aromatic carbocycles. The highest BCUT2D eigenvalue weighted by molar-refractivity contribution is 7.48. The van der Waals surface area contributed by atoms with E-state index in [0.29, 0.717) is 14.3 Å². The van der Waals surface area contributed by atoms with Gasteiger partial charge in [0.25, 0.3) is 0 Å². The van der Waals surface area contributed by atoms with Crippen molar-refractivity contribution < 1.29 is 9.84 Å². The summed E-state index contributed by atoms with van der Waals surface area (Å²) in [6, 6.07) is 14.1. The Morgan fingerprint density at radius 1 is 1.12 bits per heavy atom. The summed E-state index contributed by atoms with van der Waals surface area (Å²) in [5.41, 5.74) is 2.32. The minimum Gasteiger partial charge on any atom is -0.508 e. The van der Waals surface area contributed by atoms with E-state index in [2.05, 4.69) is 43.4 Å². The number of methoxy groups -OCH3 is 1. The first-order valence-corrected chi connectivity index (χ1v) is 9.48. The molecule has 1 atom stereocenters. The largest absolute Gasteiger partial charge is 0.508 e. The van der Waals surface area contributed by atoms with Crippen molar-refractivity contribution in [1.82, 2.24) is 5.32 Å². The smallest absolute Gasteiger partial charge is 0.119 e. The second-order valence-electron chi connectivity index (χ2n) is 5.98. The van der Waals surface area contributed by atoms with Crippen LogP contribution in [-0.4, -0.2) is 19.3 Å². The van der Waals surface area contributed by atoms with Crippen molar-refractivity contribution >= 4 is 13.9 Å². The van der Waals surface area contributed by atoms with Crippen molar-refractivity contribution in [2.75, 3.05) is 14.2 Å². The monoisotopic (exact) mass is 345 g/mol. The van der Waals surface area contributed by atoms with Crippen LogP contribution in [0.2, 0.25) is 0 Å². The van der Waals surface area contributed by atoms with Gasteiger partial charge >= 0.3 is 0 Å². The molecular weight excluding hydrogens is 317 g/mol. The summed E-state index contributed by atoms with van der Waals surface area (Å²) in [5, 5.41) is 15.0. The van der Waals surface area contributed by atoms with E-state index in [9.17, 15) is 5.11 Å². The number of nitrogens with one attached hydrogen (secondary N) is 1. The van der Waals surface area contributed by atoms with Gasteiger partial charge in [-0.05, 0) is 49.0 Å². The van der Waals surface area contributed by atoms with Gasteiger partial charge in [-0.1, -0.05) is 46.7 Å². The van der Waals surface area contributed by atoms with Crippen LogP contribution >= 0.6 is 8.58 Å². The number of ether oxygens (including phenoxy) is 1. The Morgan fingerprint density at radius 2 is 1.83 bits per heavy atom. The lowest BCUT2D eigenvalue weighted by molar-refractivity contribution is 0.406. The molecule has 0 aliphatic heterocycles. The van der Waals surface area contributed by atoms with Crippen LogP contribution in [0.1, 0.15) is 37.8 Å². The van der Waals surface area contributed by atoms with Gasteiger partial charge in [0, 0.05) is 17.3 Å². The van der Waals surface area contributed by atoms with E-state index >= 15 is 0 Å². The molecule has 1 unspecified atom stereocenters. The molecule has 3 nitrogen and oxygen atoms in total. The molecule has 2 N–H and O–H groups in total. The maximum Gasteiger partial charge on any atom is 0.119 e. The number of phenolic OH excluding ortho intramolecular Hbond substituents is 1. The Balaban J connectivity index is 2.49. The molecule has 2 rings (SSSR count). The first-order chi connectivity index (χ1) is 11.6. The van der Waals surface area contributed by atoms with E-state index in [4.69, 9.17) is 4.74 Å². The number of hydrogen-bond donors (Lipinski definition) is 2. The van der Waals surface area contributed by atoms with Crippen LogP contribution in [0.3, 0.4) is 0 Å². The molecule has 0 bridgehead atoms. The zero-order valence-corrected chi connectivity index (χ0v) is 16.0. The van der Waals surface area contributed by atoms with E-state index in [1.807, 2.05) is 19.2 Å². The number of phenols is 1. The first-order valence-electron chi connectivity index (χ1n) is 8.48. The zero-order valence-electron chi connectivity index (χ0n) is 15.0. The maximum absolute atomic E-state index is 10.5. The van der Waals surface area contributed by atoms with Crippen LogP contribution in [0.4, 0.5) is 0 Å². The van der Waals surface area contributed by atoms with Crippen molar-refractivity contribution in [3.63, 3.8) is 0 Å². The summed E-state index contributed by atoms with van der Waals surface area (Å²) in [7, 11) is 4.23. The van der Waals surface area contributed by atoms with Crippen LogP contribution < -0.4 is 15.4 Å². The highest BCUT2D eigenvalue weighted by Gasteiger charge is 2.32. The Morgan fingerprint density at radius 3 is 2.46 bits per heavy atom. The lowest BCUT2D eigenvalue weighted by Crippen LogP contribution is -2.24. The lowest BCUT2D eigenvalue weighted by Gasteiger charge is -2.34. The normalized spacial score (nSPS) is 12.0. The Kier molecular flexibility index (Phi) is 6.65. The number of benzene rings is 2. The number of hydrogen-bond acceptors (Lipinski definition) is 3. The molecule has 0 saturated carbocycles. The first kappa shape index (κ1) is 18.8. The van der Waals surface area contributed by atoms with Gasteiger partial charge in [0.1, 0.15) is 11.5 Å². The maximum atomic E-state index is 10.5. The standard InChI is InChI=1S/C20H28NO2P/c1-5-20(6-2,17-13-16(23-4)11-12-18(17)22)24-19-10-8-7-9-15(19)14-21-3/h7-13,21-22,24H,5-6,14H2,1-4H3. The lowest BCUT2D eigenvalue weighted by atomic mass is 9.91. The van der Waals surface area contributed by atoms with E-state index in [-0.39, 0.29) is 5.16 Å². The predicted molar refractivity (Wildman–Crippen MR) is 104 cm³/mol. The van der Waals surface area contributed by atoms with Crippen molar-refractivity contribution in [2.45, 2.75) is 38.4 Å². The highest BCUT2D eigenvalue weighted by atomic mass is 31.1. The van der Waals surface area contributed by atoms with Gasteiger partial charge in [0.05, 0.1) is 7.11 Å². The Labute approximate surface area is 147 Å². The van der Waals surface area contributed by atoms with Gasteiger partial charge in [-0.3, -0.25) is 0 Å². The Bertz CT molecular complexity index is 668. The molecule has 0 spiro atoms. The van der Waals surface area contributed by atoms with Crippen LogP contribution in [0.25, 0.3) is 0 Å². The van der Waals surface area contributed by atoms with Crippen molar-refractivity contribution in [1.29, 1.82) is 0 Å². The third-order valence-electron chi connectivity index (χ3n) is 4.68. The molecular formula is C20H28NO2P. The molecule has 0 aromatic heterocycles.